The molecule has 0 radical (unpaired) electrons. The Morgan fingerprint density at radius 1 is 1.28 bits per heavy atom. The van der Waals surface area contributed by atoms with Crippen molar-refractivity contribution in [3.8, 4) is 0 Å². The summed E-state index contributed by atoms with van der Waals surface area (Å²) in [4.78, 5) is 23.7. The highest BCUT2D eigenvalue weighted by atomic mass is 32.2. The highest BCUT2D eigenvalue weighted by Crippen LogP contribution is 2.41. The van der Waals surface area contributed by atoms with E-state index in [9.17, 15) is 23.3 Å². The van der Waals surface area contributed by atoms with Gasteiger partial charge in [-0.3, -0.25) is 10.1 Å². The first kappa shape index (κ1) is 25.5. The van der Waals surface area contributed by atoms with Gasteiger partial charge >= 0.3 is 5.97 Å². The van der Waals surface area contributed by atoms with Gasteiger partial charge in [-0.2, -0.15) is 0 Å². The molecule has 0 saturated carbocycles. The van der Waals surface area contributed by atoms with E-state index in [0.29, 0.717) is 30.0 Å². The first-order valence-corrected chi connectivity index (χ1v) is 11.6. The number of esters is 1. The van der Waals surface area contributed by atoms with Crippen LogP contribution in [0.1, 0.15) is 45.6 Å². The molecule has 1 aromatic rings. The van der Waals surface area contributed by atoms with Crippen LogP contribution in [0.25, 0.3) is 0 Å². The predicted molar refractivity (Wildman–Crippen MR) is 119 cm³/mol. The number of nitrogens with zero attached hydrogens (tertiary/aromatic N) is 1. The molecule has 0 bridgehead atoms. The highest BCUT2D eigenvalue weighted by Gasteiger charge is 2.40. The van der Waals surface area contributed by atoms with Crippen molar-refractivity contribution in [1.82, 2.24) is 10.0 Å². The molecule has 1 atom stereocenters. The van der Waals surface area contributed by atoms with Crippen molar-refractivity contribution in [2.45, 2.75) is 46.1 Å². The Labute approximate surface area is 187 Å². The van der Waals surface area contributed by atoms with E-state index in [0.717, 1.165) is 0 Å². The summed E-state index contributed by atoms with van der Waals surface area (Å²) in [5.41, 5.74) is 0.912. The fraction of sp³-hybridized carbons (Fsp3) is 0.476. The van der Waals surface area contributed by atoms with Crippen LogP contribution in [0.15, 0.2) is 46.1 Å². The molecule has 2 N–H and O–H groups in total. The van der Waals surface area contributed by atoms with Crippen molar-refractivity contribution in [3.63, 3.8) is 0 Å². The first-order chi connectivity index (χ1) is 15.0. The van der Waals surface area contributed by atoms with E-state index in [2.05, 4.69) is 10.0 Å². The topological polar surface area (TPSA) is 137 Å². The lowest BCUT2D eigenvalue weighted by Crippen LogP contribution is -2.37. The largest absolute Gasteiger partial charge is 0.460 e. The van der Waals surface area contributed by atoms with Gasteiger partial charge in [-0.05, 0) is 39.7 Å². The van der Waals surface area contributed by atoms with E-state index < -0.39 is 32.9 Å². The van der Waals surface area contributed by atoms with Crippen LogP contribution >= 0.6 is 0 Å². The molecular formula is C21H29N3O7S. The lowest BCUT2D eigenvalue weighted by Gasteiger charge is -2.31. The number of allylic oxidation sites excluding steroid dienone is 3. The van der Waals surface area contributed by atoms with E-state index in [4.69, 9.17) is 9.47 Å². The van der Waals surface area contributed by atoms with Gasteiger partial charge in [0.2, 0.25) is 10.0 Å². The van der Waals surface area contributed by atoms with Gasteiger partial charge in [-0.25, -0.2) is 17.9 Å². The van der Waals surface area contributed by atoms with Gasteiger partial charge in [-0.15, -0.1) is 0 Å². The number of dihydropyridines is 1. The standard InChI is InChI=1S/C21H29N3O7S/c1-13(2)31-21(25)18-14(3)23-15(4)20(32(28,29)22-10-7-11-30-5)19(18)16-8-6-9-17(12-16)24(26)27/h6,8-9,12-13,19,22-23H,7,10-11H2,1-5H3. The number of ether oxygens (including phenoxy) is 2. The van der Waals surface area contributed by atoms with Crippen molar-refractivity contribution in [3.05, 3.63) is 61.8 Å². The zero-order valence-electron chi connectivity index (χ0n) is 18.8. The minimum absolute atomic E-state index is 0.0852. The molecule has 1 unspecified atom stereocenters. The number of methoxy groups -OCH3 is 1. The summed E-state index contributed by atoms with van der Waals surface area (Å²) in [7, 11) is -2.54. The van der Waals surface area contributed by atoms with Crippen LogP contribution in [-0.2, 0) is 24.3 Å². The van der Waals surface area contributed by atoms with Crippen molar-refractivity contribution in [2.75, 3.05) is 20.3 Å². The Morgan fingerprint density at radius 3 is 2.56 bits per heavy atom. The van der Waals surface area contributed by atoms with Gasteiger partial charge in [0.1, 0.15) is 0 Å². The third-order valence-corrected chi connectivity index (χ3v) is 6.49. The van der Waals surface area contributed by atoms with Crippen LogP contribution in [0.2, 0.25) is 0 Å². The van der Waals surface area contributed by atoms with E-state index in [-0.39, 0.29) is 22.7 Å². The van der Waals surface area contributed by atoms with Gasteiger partial charge in [0.05, 0.1) is 27.4 Å². The lowest BCUT2D eigenvalue weighted by atomic mass is 9.86. The van der Waals surface area contributed by atoms with Crippen LogP contribution in [0.4, 0.5) is 5.69 Å². The van der Waals surface area contributed by atoms with Gasteiger partial charge in [0.25, 0.3) is 5.69 Å². The van der Waals surface area contributed by atoms with Crippen molar-refractivity contribution < 1.29 is 27.6 Å². The first-order valence-electron chi connectivity index (χ1n) is 10.1. The maximum absolute atomic E-state index is 13.3. The number of benzene rings is 1. The summed E-state index contributed by atoms with van der Waals surface area (Å²) in [5.74, 6) is -1.77. The minimum atomic E-state index is -4.06. The van der Waals surface area contributed by atoms with Gasteiger partial charge < -0.3 is 14.8 Å². The predicted octanol–water partition coefficient (Wildman–Crippen LogP) is 2.69. The molecule has 0 aliphatic carbocycles. The maximum atomic E-state index is 13.3. The van der Waals surface area contributed by atoms with Crippen molar-refractivity contribution in [1.29, 1.82) is 0 Å². The molecule has 1 aromatic carbocycles. The second kappa shape index (κ2) is 10.7. The quantitative estimate of drug-likeness (QED) is 0.232. The lowest BCUT2D eigenvalue weighted by molar-refractivity contribution is -0.384. The van der Waals surface area contributed by atoms with Crippen LogP contribution in [0.5, 0.6) is 0 Å². The van der Waals surface area contributed by atoms with Crippen molar-refractivity contribution >= 4 is 21.7 Å². The number of nitrogens with one attached hydrogen (secondary N) is 2. The number of hydrogen-bond donors (Lipinski definition) is 2. The Balaban J connectivity index is 2.64. The number of hydrogen-bond acceptors (Lipinski definition) is 8. The van der Waals surface area contributed by atoms with E-state index in [1.54, 1.807) is 33.8 Å². The number of rotatable bonds is 10. The molecule has 0 fully saturated rings. The number of carbonyl (C=O) groups excluding carboxylic acids is 1. The van der Waals surface area contributed by atoms with E-state index in [1.165, 1.54) is 25.3 Å². The summed E-state index contributed by atoms with van der Waals surface area (Å²) in [6.07, 6.45) is 0.0152. The number of carbonyl (C=O) groups is 1. The molecule has 0 saturated heterocycles. The molecule has 1 aliphatic heterocycles. The normalized spacial score (nSPS) is 16.9. The summed E-state index contributed by atoms with van der Waals surface area (Å²) in [5, 5.41) is 14.3. The van der Waals surface area contributed by atoms with Crippen LogP contribution in [-0.4, -0.2) is 45.7 Å². The third-order valence-electron chi connectivity index (χ3n) is 4.78. The Bertz CT molecular complexity index is 1050. The monoisotopic (exact) mass is 467 g/mol. The molecule has 2 rings (SSSR count). The maximum Gasteiger partial charge on any atom is 0.337 e. The smallest absolute Gasteiger partial charge is 0.337 e. The summed E-state index contributed by atoms with van der Waals surface area (Å²) in [6, 6.07) is 5.61. The number of sulfonamides is 1. The van der Waals surface area contributed by atoms with Crippen LogP contribution in [0.3, 0.4) is 0 Å². The number of non-ortho nitro benzene ring substituents is 1. The summed E-state index contributed by atoms with van der Waals surface area (Å²) >= 11 is 0. The Hall–Kier alpha value is -2.76. The van der Waals surface area contributed by atoms with Crippen molar-refractivity contribution in [2.24, 2.45) is 0 Å². The molecule has 11 heteroatoms. The summed E-state index contributed by atoms with van der Waals surface area (Å²) in [6.45, 7) is 7.09. The minimum Gasteiger partial charge on any atom is -0.460 e. The zero-order valence-corrected chi connectivity index (χ0v) is 19.6. The molecule has 0 amide bonds. The van der Waals surface area contributed by atoms with Gasteiger partial charge in [-0.1, -0.05) is 12.1 Å². The SMILES string of the molecule is COCCCNS(=O)(=O)C1=C(C)NC(C)=C(C(=O)OC(C)C)C1c1cccc([N+](=O)[O-])c1. The average molecular weight is 468 g/mol. The van der Waals surface area contributed by atoms with Crippen LogP contribution < -0.4 is 10.0 Å². The number of nitro groups is 1. The van der Waals surface area contributed by atoms with Crippen LogP contribution in [0, 0.1) is 10.1 Å². The van der Waals surface area contributed by atoms with E-state index in [1.807, 2.05) is 0 Å². The fourth-order valence-electron chi connectivity index (χ4n) is 3.52. The highest BCUT2D eigenvalue weighted by molar-refractivity contribution is 7.93. The Morgan fingerprint density at radius 2 is 1.97 bits per heavy atom. The summed E-state index contributed by atoms with van der Waals surface area (Å²) < 4.78 is 39.5. The molecule has 176 valence electrons. The van der Waals surface area contributed by atoms with E-state index >= 15 is 0 Å². The fourth-order valence-corrected chi connectivity index (χ4v) is 5.10. The number of nitro benzene ring substituents is 1. The Kier molecular flexibility index (Phi) is 8.53. The molecule has 1 heterocycles. The van der Waals surface area contributed by atoms with Gasteiger partial charge in [0.15, 0.2) is 0 Å². The molecule has 1 aliphatic rings. The molecule has 0 aromatic heterocycles. The molecule has 32 heavy (non-hydrogen) atoms. The molecular weight excluding hydrogens is 438 g/mol. The average Bonchev–Trinajstić information content (AvgIpc) is 2.69. The third kappa shape index (κ3) is 5.93. The second-order valence-electron chi connectivity index (χ2n) is 7.64. The van der Waals surface area contributed by atoms with Gasteiger partial charge in [0, 0.05) is 43.8 Å². The second-order valence-corrected chi connectivity index (χ2v) is 9.37. The molecule has 0 spiro atoms. The molecule has 10 nitrogen and oxygen atoms in total. The zero-order chi connectivity index (χ0) is 24.1.